The number of benzene rings is 1. The second kappa shape index (κ2) is 11.3. The summed E-state index contributed by atoms with van der Waals surface area (Å²) in [5.41, 5.74) is 4.32. The fourth-order valence-electron chi connectivity index (χ4n) is 9.93. The van der Waals surface area contributed by atoms with Gasteiger partial charge < -0.3 is 0 Å². The van der Waals surface area contributed by atoms with Crippen molar-refractivity contribution in [3.05, 3.63) is 35.4 Å². The zero-order valence-corrected chi connectivity index (χ0v) is 24.5. The number of unbranched alkanes of at least 4 members (excludes halogenated alkanes) is 1. The lowest BCUT2D eigenvalue weighted by Gasteiger charge is -2.61. The number of hydrogen-bond acceptors (Lipinski definition) is 0. The second-order valence-corrected chi connectivity index (χ2v) is 14.0. The van der Waals surface area contributed by atoms with Crippen molar-refractivity contribution in [1.82, 2.24) is 0 Å². The Morgan fingerprint density at radius 2 is 1.49 bits per heavy atom. The molecule has 35 heavy (non-hydrogen) atoms. The Kier molecular flexibility index (Phi) is 8.81. The first-order valence-electron chi connectivity index (χ1n) is 15.9. The van der Waals surface area contributed by atoms with E-state index in [9.17, 15) is 0 Å². The van der Waals surface area contributed by atoms with Crippen LogP contribution in [0.5, 0.6) is 0 Å². The van der Waals surface area contributed by atoms with E-state index in [2.05, 4.69) is 58.9 Å². The molecule has 4 fully saturated rings. The van der Waals surface area contributed by atoms with Gasteiger partial charge >= 0.3 is 0 Å². The maximum Gasteiger partial charge on any atom is -0.0159 e. The molecule has 0 heterocycles. The minimum absolute atomic E-state index is 0.626. The maximum absolute atomic E-state index is 2.75. The van der Waals surface area contributed by atoms with Gasteiger partial charge in [-0.15, -0.1) is 0 Å². The van der Waals surface area contributed by atoms with Crippen molar-refractivity contribution in [3.8, 4) is 0 Å². The third-order valence-electron chi connectivity index (χ3n) is 12.0. The maximum atomic E-state index is 2.75. The van der Waals surface area contributed by atoms with E-state index in [1.54, 1.807) is 31.2 Å². The zero-order valence-electron chi connectivity index (χ0n) is 24.5. The third-order valence-corrected chi connectivity index (χ3v) is 12.0. The molecule has 4 saturated carbocycles. The summed E-state index contributed by atoms with van der Waals surface area (Å²) in [7, 11) is 0. The van der Waals surface area contributed by atoms with Gasteiger partial charge in [-0.1, -0.05) is 90.6 Å². The monoisotopic (exact) mass is 478 g/mol. The molecule has 8 atom stereocenters. The average molecular weight is 479 g/mol. The van der Waals surface area contributed by atoms with Crippen LogP contribution in [0.1, 0.15) is 142 Å². The molecule has 0 aromatic heterocycles. The summed E-state index contributed by atoms with van der Waals surface area (Å²) in [5, 5.41) is 0. The largest absolute Gasteiger partial charge is 0.0683 e. The van der Waals surface area contributed by atoms with E-state index in [4.69, 9.17) is 0 Å². The topological polar surface area (TPSA) is 0 Å². The van der Waals surface area contributed by atoms with Crippen molar-refractivity contribution in [2.75, 3.05) is 0 Å². The summed E-state index contributed by atoms with van der Waals surface area (Å²) in [5.74, 6) is 6.79. The Hall–Kier alpha value is -0.780. The van der Waals surface area contributed by atoms with Crippen LogP contribution >= 0.6 is 0 Å². The standard InChI is InChI=1S/C33H52.C2H6/c1-23(2)8-6-7-9-27-15-17-30-29-16-14-28-22-26(25-12-10-24(3)11-13-25)18-20-33(28,5)31(29)19-21-32(27,30)4;1-2/h10-13,23,26-31H,6-9,14-22H2,1-5H3;1-2H3/t26?,27-,28?,29-,30?,31?,32+,33-;/m0./s1. The Balaban J connectivity index is 0.00000141. The number of rotatable bonds is 6. The van der Waals surface area contributed by atoms with Crippen LogP contribution in [0.3, 0.4) is 0 Å². The molecule has 0 heteroatoms. The lowest BCUT2D eigenvalue weighted by atomic mass is 9.44. The fraction of sp³-hybridized carbons (Fsp3) is 0.829. The van der Waals surface area contributed by atoms with Crippen LogP contribution in [0.4, 0.5) is 0 Å². The molecule has 0 bridgehead atoms. The SMILES string of the molecule is CC.Cc1ccc(C2CC[C@@]3(C)C(CC[C@@H]4C3CC[C@@]3(C)C4CC[C@@H]3CCCCC(C)C)C2)cc1. The van der Waals surface area contributed by atoms with E-state index in [0.29, 0.717) is 10.8 Å². The minimum Gasteiger partial charge on any atom is -0.0683 e. The number of fused-ring (bicyclic) bond motifs is 5. The van der Waals surface area contributed by atoms with Gasteiger partial charge in [0.1, 0.15) is 0 Å². The molecule has 0 N–H and O–H groups in total. The van der Waals surface area contributed by atoms with Crippen LogP contribution in [-0.4, -0.2) is 0 Å². The summed E-state index contributed by atoms with van der Waals surface area (Å²) < 4.78 is 0. The molecule has 198 valence electrons. The Bertz CT molecular complexity index is 789. The highest BCUT2D eigenvalue weighted by atomic mass is 14.6. The van der Waals surface area contributed by atoms with Gasteiger partial charge in [0.05, 0.1) is 0 Å². The molecule has 0 spiro atoms. The van der Waals surface area contributed by atoms with Crippen molar-refractivity contribution in [2.45, 2.75) is 138 Å². The van der Waals surface area contributed by atoms with Crippen molar-refractivity contribution in [2.24, 2.45) is 46.3 Å². The Morgan fingerprint density at radius 1 is 0.800 bits per heavy atom. The van der Waals surface area contributed by atoms with E-state index in [1.807, 2.05) is 13.8 Å². The molecule has 0 aliphatic heterocycles. The Morgan fingerprint density at radius 3 is 2.20 bits per heavy atom. The van der Waals surface area contributed by atoms with Gasteiger partial charge in [0.25, 0.3) is 0 Å². The third kappa shape index (κ3) is 5.29. The van der Waals surface area contributed by atoms with Crippen LogP contribution in [0.25, 0.3) is 0 Å². The average Bonchev–Trinajstić information content (AvgIpc) is 3.19. The summed E-state index contributed by atoms with van der Waals surface area (Å²) in [6, 6.07) is 9.53. The van der Waals surface area contributed by atoms with E-state index in [-0.39, 0.29) is 0 Å². The highest BCUT2D eigenvalue weighted by Gasteiger charge is 2.59. The summed E-state index contributed by atoms with van der Waals surface area (Å²) in [6.07, 6.45) is 19.5. The second-order valence-electron chi connectivity index (χ2n) is 14.0. The predicted octanol–water partition coefficient (Wildman–Crippen LogP) is 11.0. The van der Waals surface area contributed by atoms with Crippen LogP contribution in [-0.2, 0) is 0 Å². The van der Waals surface area contributed by atoms with Crippen molar-refractivity contribution >= 4 is 0 Å². The smallest absolute Gasteiger partial charge is 0.0159 e. The van der Waals surface area contributed by atoms with Gasteiger partial charge in [-0.25, -0.2) is 0 Å². The van der Waals surface area contributed by atoms with Gasteiger partial charge in [-0.2, -0.15) is 0 Å². The summed E-state index contributed by atoms with van der Waals surface area (Å²) in [6.45, 7) is 16.5. The molecule has 0 radical (unpaired) electrons. The van der Waals surface area contributed by atoms with Crippen LogP contribution < -0.4 is 0 Å². The van der Waals surface area contributed by atoms with Gasteiger partial charge in [0, 0.05) is 0 Å². The van der Waals surface area contributed by atoms with Crippen molar-refractivity contribution < 1.29 is 0 Å². The van der Waals surface area contributed by atoms with E-state index in [1.165, 1.54) is 63.4 Å². The molecule has 1 aromatic rings. The van der Waals surface area contributed by atoms with Crippen LogP contribution in [0, 0.1) is 53.3 Å². The number of hydrogen-bond donors (Lipinski definition) is 0. The van der Waals surface area contributed by atoms with Crippen molar-refractivity contribution in [1.29, 1.82) is 0 Å². The zero-order chi connectivity index (χ0) is 25.2. The quantitative estimate of drug-likeness (QED) is 0.357. The fourth-order valence-corrected chi connectivity index (χ4v) is 9.93. The molecule has 1 aromatic carbocycles. The molecular weight excluding hydrogens is 420 g/mol. The lowest BCUT2D eigenvalue weighted by molar-refractivity contribution is -0.114. The molecule has 0 amide bonds. The van der Waals surface area contributed by atoms with Crippen molar-refractivity contribution in [3.63, 3.8) is 0 Å². The highest BCUT2D eigenvalue weighted by molar-refractivity contribution is 5.25. The molecular formula is C35H58. The molecule has 5 rings (SSSR count). The Labute approximate surface area is 219 Å². The summed E-state index contributed by atoms with van der Waals surface area (Å²) >= 11 is 0. The summed E-state index contributed by atoms with van der Waals surface area (Å²) in [4.78, 5) is 0. The first-order chi connectivity index (χ1) is 16.8. The normalized spacial score (nSPS) is 40.3. The van der Waals surface area contributed by atoms with E-state index < -0.39 is 0 Å². The van der Waals surface area contributed by atoms with Crippen LogP contribution in [0.2, 0.25) is 0 Å². The molecule has 4 aliphatic carbocycles. The van der Waals surface area contributed by atoms with E-state index in [0.717, 1.165) is 41.4 Å². The van der Waals surface area contributed by atoms with Gasteiger partial charge in [-0.05, 0) is 129 Å². The van der Waals surface area contributed by atoms with E-state index >= 15 is 0 Å². The molecule has 0 nitrogen and oxygen atoms in total. The predicted molar refractivity (Wildman–Crippen MR) is 154 cm³/mol. The molecule has 4 unspecified atom stereocenters. The first kappa shape index (κ1) is 27.3. The minimum atomic E-state index is 0.626. The molecule has 0 saturated heterocycles. The van der Waals surface area contributed by atoms with Gasteiger partial charge in [-0.3, -0.25) is 0 Å². The van der Waals surface area contributed by atoms with Gasteiger partial charge in [0.2, 0.25) is 0 Å². The van der Waals surface area contributed by atoms with Gasteiger partial charge in [0.15, 0.2) is 0 Å². The highest BCUT2D eigenvalue weighted by Crippen LogP contribution is 2.68. The first-order valence-corrected chi connectivity index (χ1v) is 15.9. The lowest BCUT2D eigenvalue weighted by Crippen LogP contribution is -2.53. The number of aryl methyl sites for hydroxylation is 1. The van der Waals surface area contributed by atoms with Crippen LogP contribution in [0.15, 0.2) is 24.3 Å². The molecule has 4 aliphatic rings.